The number of carbonyl (C=O) groups excluding carboxylic acids is 1. The Morgan fingerprint density at radius 1 is 1.23 bits per heavy atom. The first-order chi connectivity index (χ1) is 14.8. The van der Waals surface area contributed by atoms with Crippen LogP contribution in [0.4, 0.5) is 8.78 Å². The molecule has 2 aliphatic rings. The average molecular weight is 435 g/mol. The summed E-state index contributed by atoms with van der Waals surface area (Å²) in [5.41, 5.74) is 1.27. The lowest BCUT2D eigenvalue weighted by molar-refractivity contribution is -0.0495. The highest BCUT2D eigenvalue weighted by Gasteiger charge is 2.36. The molecule has 1 aromatic carbocycles. The molecule has 2 saturated heterocycles. The summed E-state index contributed by atoms with van der Waals surface area (Å²) in [6.07, 6.45) is 1.64. The van der Waals surface area contributed by atoms with Gasteiger partial charge < -0.3 is 24.4 Å². The molecule has 1 unspecified atom stereocenters. The zero-order valence-electron chi connectivity index (χ0n) is 18.4. The number of rotatable bonds is 7. The molecule has 0 saturated carbocycles. The number of likely N-dealkylation sites (N-methyl/N-ethyl adjacent to an activating group) is 1. The van der Waals surface area contributed by atoms with Crippen molar-refractivity contribution >= 4 is 16.8 Å². The van der Waals surface area contributed by atoms with Crippen molar-refractivity contribution in [3.8, 4) is 5.75 Å². The van der Waals surface area contributed by atoms with E-state index in [2.05, 4.69) is 28.9 Å². The van der Waals surface area contributed by atoms with Gasteiger partial charge >= 0.3 is 0 Å². The van der Waals surface area contributed by atoms with Crippen LogP contribution in [0.5, 0.6) is 5.75 Å². The fourth-order valence-electron chi connectivity index (χ4n) is 4.44. The number of nitrogens with one attached hydrogen (secondary N) is 1. The van der Waals surface area contributed by atoms with E-state index in [0.29, 0.717) is 18.3 Å². The van der Waals surface area contributed by atoms with Crippen LogP contribution in [-0.4, -0.2) is 91.0 Å². The van der Waals surface area contributed by atoms with Crippen LogP contribution in [0.2, 0.25) is 0 Å². The second kappa shape index (κ2) is 9.12. The molecule has 8 heteroatoms. The number of hydrogen-bond acceptors (Lipinski definition) is 4. The molecule has 1 amide bonds. The molecule has 6 nitrogen and oxygen atoms in total. The van der Waals surface area contributed by atoms with Crippen LogP contribution in [0.15, 0.2) is 24.3 Å². The Balaban J connectivity index is 1.28. The van der Waals surface area contributed by atoms with E-state index in [1.165, 1.54) is 11.3 Å². The zero-order chi connectivity index (χ0) is 22.0. The molecule has 0 radical (unpaired) electrons. The van der Waals surface area contributed by atoms with E-state index >= 15 is 0 Å². The van der Waals surface area contributed by atoms with Gasteiger partial charge in [-0.05, 0) is 57.7 Å². The summed E-state index contributed by atoms with van der Waals surface area (Å²) in [5.74, 6) is -2.11. The maximum absolute atomic E-state index is 13.4. The average Bonchev–Trinajstić information content (AvgIpc) is 3.37. The van der Waals surface area contributed by atoms with Gasteiger partial charge in [0.25, 0.3) is 11.8 Å². The summed E-state index contributed by atoms with van der Waals surface area (Å²) in [5, 5.41) is 0.886. The smallest absolute Gasteiger partial charge is 0.270 e. The quantitative estimate of drug-likeness (QED) is 0.679. The SMILES string of the molecule is CN(C)C1CCN(CCCOc2ccc3[nH]c(C(=O)N4CCC(F)(F)CC4)cc3c2)C1. The summed E-state index contributed by atoms with van der Waals surface area (Å²) in [6.45, 7) is 4.11. The Morgan fingerprint density at radius 3 is 2.71 bits per heavy atom. The zero-order valence-corrected chi connectivity index (χ0v) is 18.4. The van der Waals surface area contributed by atoms with E-state index in [1.807, 2.05) is 18.2 Å². The van der Waals surface area contributed by atoms with Gasteiger partial charge in [-0.25, -0.2) is 8.78 Å². The van der Waals surface area contributed by atoms with E-state index < -0.39 is 5.92 Å². The van der Waals surface area contributed by atoms with Gasteiger partial charge in [-0.2, -0.15) is 0 Å². The standard InChI is InChI=1S/C23H32F2N4O2/c1-27(2)18-6-10-28(16-18)9-3-13-31-19-4-5-20-17(14-19)15-21(26-20)22(30)29-11-7-23(24,25)8-12-29/h4-5,14-15,18,26H,3,6-13,16H2,1-2H3. The maximum atomic E-state index is 13.4. The van der Waals surface area contributed by atoms with E-state index in [4.69, 9.17) is 4.74 Å². The number of halogens is 2. The summed E-state index contributed by atoms with van der Waals surface area (Å²) in [4.78, 5) is 22.1. The molecule has 31 heavy (non-hydrogen) atoms. The molecule has 1 N–H and O–H groups in total. The minimum Gasteiger partial charge on any atom is -0.494 e. The fraction of sp³-hybridized carbons (Fsp3) is 0.609. The summed E-state index contributed by atoms with van der Waals surface area (Å²) >= 11 is 0. The van der Waals surface area contributed by atoms with Gasteiger partial charge in [0.05, 0.1) is 6.61 Å². The first-order valence-corrected chi connectivity index (χ1v) is 11.1. The Bertz CT molecular complexity index is 904. The number of carbonyl (C=O) groups is 1. The Labute approximate surface area is 182 Å². The van der Waals surface area contributed by atoms with Crippen LogP contribution < -0.4 is 4.74 Å². The van der Waals surface area contributed by atoms with E-state index in [-0.39, 0.29) is 31.8 Å². The van der Waals surface area contributed by atoms with Gasteiger partial charge in [-0.15, -0.1) is 0 Å². The number of hydrogen-bond donors (Lipinski definition) is 1. The van der Waals surface area contributed by atoms with Gasteiger partial charge in [-0.3, -0.25) is 4.79 Å². The van der Waals surface area contributed by atoms with E-state index in [1.54, 1.807) is 6.07 Å². The van der Waals surface area contributed by atoms with Gasteiger partial charge in [0, 0.05) is 56.0 Å². The lowest BCUT2D eigenvalue weighted by Crippen LogP contribution is -2.42. The molecule has 2 aromatic rings. The molecule has 3 heterocycles. The number of aromatic amines is 1. The molecule has 0 bridgehead atoms. The monoisotopic (exact) mass is 434 g/mol. The van der Waals surface area contributed by atoms with Crippen LogP contribution in [-0.2, 0) is 0 Å². The van der Waals surface area contributed by atoms with Gasteiger partial charge in [-0.1, -0.05) is 0 Å². The highest BCUT2D eigenvalue weighted by Crippen LogP contribution is 2.29. The number of amides is 1. The minimum atomic E-state index is -2.66. The normalized spacial score (nSPS) is 21.8. The fourth-order valence-corrected chi connectivity index (χ4v) is 4.44. The number of H-pyrrole nitrogens is 1. The number of likely N-dealkylation sites (tertiary alicyclic amines) is 2. The molecule has 0 spiro atoms. The molecule has 1 aromatic heterocycles. The minimum absolute atomic E-state index is 0.0852. The molecule has 4 rings (SSSR count). The van der Waals surface area contributed by atoms with Crippen molar-refractivity contribution < 1.29 is 18.3 Å². The van der Waals surface area contributed by atoms with Crippen LogP contribution >= 0.6 is 0 Å². The number of aromatic nitrogens is 1. The van der Waals surface area contributed by atoms with Crippen molar-refractivity contribution in [1.29, 1.82) is 0 Å². The van der Waals surface area contributed by atoms with Gasteiger partial charge in [0.2, 0.25) is 0 Å². The topological polar surface area (TPSA) is 51.8 Å². The van der Waals surface area contributed by atoms with Crippen LogP contribution in [0.3, 0.4) is 0 Å². The first kappa shape index (κ1) is 22.0. The highest BCUT2D eigenvalue weighted by molar-refractivity contribution is 5.98. The summed E-state index contributed by atoms with van der Waals surface area (Å²) in [6, 6.07) is 8.14. The number of benzene rings is 1. The predicted molar refractivity (Wildman–Crippen MR) is 117 cm³/mol. The lowest BCUT2D eigenvalue weighted by Gasteiger charge is -2.31. The Morgan fingerprint density at radius 2 is 2.00 bits per heavy atom. The van der Waals surface area contributed by atoms with Crippen LogP contribution in [0, 0.1) is 0 Å². The predicted octanol–water partition coefficient (Wildman–Crippen LogP) is 3.44. The number of fused-ring (bicyclic) bond motifs is 1. The van der Waals surface area contributed by atoms with Crippen LogP contribution in [0.25, 0.3) is 10.9 Å². The third kappa shape index (κ3) is 5.36. The van der Waals surface area contributed by atoms with E-state index in [9.17, 15) is 13.6 Å². The molecular formula is C23H32F2N4O2. The molecule has 2 aliphatic heterocycles. The lowest BCUT2D eigenvalue weighted by atomic mass is 10.1. The number of nitrogens with zero attached hydrogens (tertiary/aromatic N) is 3. The molecule has 2 fully saturated rings. The third-order valence-corrected chi connectivity index (χ3v) is 6.47. The van der Waals surface area contributed by atoms with Crippen molar-refractivity contribution in [3.63, 3.8) is 0 Å². The van der Waals surface area contributed by atoms with Crippen molar-refractivity contribution in [2.75, 3.05) is 53.4 Å². The molecule has 170 valence electrons. The first-order valence-electron chi connectivity index (χ1n) is 11.1. The van der Waals surface area contributed by atoms with E-state index in [0.717, 1.165) is 42.7 Å². The van der Waals surface area contributed by atoms with Crippen molar-refractivity contribution in [3.05, 3.63) is 30.0 Å². The van der Waals surface area contributed by atoms with Crippen molar-refractivity contribution in [1.82, 2.24) is 19.7 Å². The maximum Gasteiger partial charge on any atom is 0.270 e. The molecular weight excluding hydrogens is 402 g/mol. The second-order valence-corrected chi connectivity index (χ2v) is 8.99. The van der Waals surface area contributed by atoms with Gasteiger partial charge in [0.1, 0.15) is 11.4 Å². The summed E-state index contributed by atoms with van der Waals surface area (Å²) in [7, 11) is 4.27. The third-order valence-electron chi connectivity index (χ3n) is 6.47. The largest absolute Gasteiger partial charge is 0.494 e. The Hall–Kier alpha value is -2.19. The van der Waals surface area contributed by atoms with Crippen molar-refractivity contribution in [2.24, 2.45) is 0 Å². The number of ether oxygens (including phenoxy) is 1. The summed E-state index contributed by atoms with van der Waals surface area (Å²) < 4.78 is 32.6. The Kier molecular flexibility index (Phi) is 6.48. The number of piperidine rings is 1. The second-order valence-electron chi connectivity index (χ2n) is 8.99. The van der Waals surface area contributed by atoms with Crippen LogP contribution in [0.1, 0.15) is 36.2 Å². The highest BCUT2D eigenvalue weighted by atomic mass is 19.3. The van der Waals surface area contributed by atoms with Gasteiger partial charge in [0.15, 0.2) is 0 Å². The number of alkyl halides is 2. The molecule has 0 aliphatic carbocycles. The molecule has 1 atom stereocenters. The van der Waals surface area contributed by atoms with Crippen molar-refractivity contribution in [2.45, 2.75) is 37.6 Å².